The lowest BCUT2D eigenvalue weighted by Crippen LogP contribution is -2.08. The van der Waals surface area contributed by atoms with Crippen molar-refractivity contribution in [2.45, 2.75) is 19.9 Å². The molecule has 0 spiro atoms. The second-order valence-corrected chi connectivity index (χ2v) is 4.53. The summed E-state index contributed by atoms with van der Waals surface area (Å²) in [6.07, 6.45) is 0.334. The molecule has 5 heteroatoms. The lowest BCUT2D eigenvalue weighted by molar-refractivity contribution is -0.140. The lowest BCUT2D eigenvalue weighted by Gasteiger charge is -2.10. The molecule has 0 saturated heterocycles. The molecule has 0 bridgehead atoms. The maximum atomic E-state index is 11.3. The molecular weight excluding hydrogens is 258 g/mol. The molecule has 2 aromatic rings. The first-order chi connectivity index (χ1) is 9.60. The number of aromatic nitrogens is 1. The Morgan fingerprint density at radius 2 is 1.90 bits per heavy atom. The summed E-state index contributed by atoms with van der Waals surface area (Å²) in [4.78, 5) is 11.3. The van der Waals surface area contributed by atoms with E-state index >= 15 is 0 Å². The highest BCUT2D eigenvalue weighted by molar-refractivity contribution is 5.89. The molecule has 0 N–H and O–H groups in total. The van der Waals surface area contributed by atoms with Gasteiger partial charge in [0.1, 0.15) is 11.5 Å². The van der Waals surface area contributed by atoms with E-state index in [1.807, 2.05) is 25.1 Å². The Kier molecular flexibility index (Phi) is 4.17. The van der Waals surface area contributed by atoms with Crippen LogP contribution in [0.15, 0.2) is 18.2 Å². The fourth-order valence-corrected chi connectivity index (χ4v) is 2.32. The summed E-state index contributed by atoms with van der Waals surface area (Å²) in [5, 5.41) is 1.01. The van der Waals surface area contributed by atoms with Gasteiger partial charge in [-0.15, -0.1) is 0 Å². The SMILES string of the molecule is COC(=O)CCn1c(C)cc2c(OC)cc(OC)cc21. The summed E-state index contributed by atoms with van der Waals surface area (Å²) in [7, 11) is 4.65. The Morgan fingerprint density at radius 3 is 2.50 bits per heavy atom. The third kappa shape index (κ3) is 2.57. The molecule has 2 rings (SSSR count). The normalized spacial score (nSPS) is 10.6. The van der Waals surface area contributed by atoms with Crippen molar-refractivity contribution in [3.63, 3.8) is 0 Å². The lowest BCUT2D eigenvalue weighted by atomic mass is 10.2. The van der Waals surface area contributed by atoms with Gasteiger partial charge in [-0.05, 0) is 13.0 Å². The predicted molar refractivity (Wildman–Crippen MR) is 76.4 cm³/mol. The van der Waals surface area contributed by atoms with Crippen molar-refractivity contribution in [2.75, 3.05) is 21.3 Å². The highest BCUT2D eigenvalue weighted by Crippen LogP contribution is 2.33. The number of benzene rings is 1. The first-order valence-electron chi connectivity index (χ1n) is 6.39. The van der Waals surface area contributed by atoms with Crippen molar-refractivity contribution in [1.82, 2.24) is 4.57 Å². The van der Waals surface area contributed by atoms with Crippen LogP contribution in [0, 0.1) is 6.92 Å². The van der Waals surface area contributed by atoms with Crippen molar-refractivity contribution in [3.05, 3.63) is 23.9 Å². The van der Waals surface area contributed by atoms with Gasteiger partial charge in [0.15, 0.2) is 0 Å². The van der Waals surface area contributed by atoms with Crippen LogP contribution in [0.25, 0.3) is 10.9 Å². The van der Waals surface area contributed by atoms with Gasteiger partial charge >= 0.3 is 5.97 Å². The number of carbonyl (C=O) groups excluding carboxylic acids is 1. The van der Waals surface area contributed by atoms with Gasteiger partial charge in [-0.25, -0.2) is 0 Å². The fraction of sp³-hybridized carbons (Fsp3) is 0.400. The average Bonchev–Trinajstić information content (AvgIpc) is 2.79. The highest BCUT2D eigenvalue weighted by Gasteiger charge is 2.13. The van der Waals surface area contributed by atoms with E-state index in [0.717, 1.165) is 28.1 Å². The third-order valence-electron chi connectivity index (χ3n) is 3.39. The molecule has 0 aliphatic heterocycles. The second-order valence-electron chi connectivity index (χ2n) is 4.53. The number of fused-ring (bicyclic) bond motifs is 1. The summed E-state index contributed by atoms with van der Waals surface area (Å²) in [6.45, 7) is 2.57. The summed E-state index contributed by atoms with van der Waals surface area (Å²) < 4.78 is 17.4. The van der Waals surface area contributed by atoms with E-state index in [-0.39, 0.29) is 5.97 Å². The summed E-state index contributed by atoms with van der Waals surface area (Å²) >= 11 is 0. The Morgan fingerprint density at radius 1 is 1.15 bits per heavy atom. The third-order valence-corrected chi connectivity index (χ3v) is 3.39. The second kappa shape index (κ2) is 5.86. The standard InChI is InChI=1S/C15H19NO4/c1-10-7-12-13(16(10)6-5-15(17)20-4)8-11(18-2)9-14(12)19-3/h7-9H,5-6H2,1-4H3. The molecule has 108 valence electrons. The number of rotatable bonds is 5. The van der Waals surface area contributed by atoms with Gasteiger partial charge in [0.2, 0.25) is 0 Å². The fourth-order valence-electron chi connectivity index (χ4n) is 2.32. The van der Waals surface area contributed by atoms with Crippen molar-refractivity contribution in [2.24, 2.45) is 0 Å². The number of hydrogen-bond donors (Lipinski definition) is 0. The van der Waals surface area contributed by atoms with Crippen LogP contribution in [0.3, 0.4) is 0 Å². The molecule has 0 radical (unpaired) electrons. The number of hydrogen-bond acceptors (Lipinski definition) is 4. The van der Waals surface area contributed by atoms with Crippen LogP contribution in [0.4, 0.5) is 0 Å². The molecule has 1 heterocycles. The number of carbonyl (C=O) groups is 1. The molecule has 0 unspecified atom stereocenters. The van der Waals surface area contributed by atoms with Gasteiger partial charge in [-0.2, -0.15) is 0 Å². The zero-order valence-corrected chi connectivity index (χ0v) is 12.2. The Bertz CT molecular complexity index is 630. The number of nitrogens with zero attached hydrogens (tertiary/aromatic N) is 1. The van der Waals surface area contributed by atoms with Crippen LogP contribution in [-0.2, 0) is 16.1 Å². The van der Waals surface area contributed by atoms with E-state index in [2.05, 4.69) is 9.30 Å². The van der Waals surface area contributed by atoms with E-state index in [1.54, 1.807) is 14.2 Å². The largest absolute Gasteiger partial charge is 0.497 e. The van der Waals surface area contributed by atoms with Crippen LogP contribution in [-0.4, -0.2) is 31.9 Å². The van der Waals surface area contributed by atoms with E-state index in [0.29, 0.717) is 13.0 Å². The molecule has 0 atom stereocenters. The minimum absolute atomic E-state index is 0.221. The Labute approximate surface area is 118 Å². The first-order valence-corrected chi connectivity index (χ1v) is 6.39. The zero-order valence-electron chi connectivity index (χ0n) is 12.2. The number of methoxy groups -OCH3 is 3. The van der Waals surface area contributed by atoms with E-state index in [1.165, 1.54) is 7.11 Å². The van der Waals surface area contributed by atoms with Crippen LogP contribution in [0.2, 0.25) is 0 Å². The van der Waals surface area contributed by atoms with E-state index in [9.17, 15) is 4.79 Å². The van der Waals surface area contributed by atoms with E-state index in [4.69, 9.17) is 9.47 Å². The van der Waals surface area contributed by atoms with Crippen LogP contribution in [0.5, 0.6) is 11.5 Å². The topological polar surface area (TPSA) is 49.7 Å². The van der Waals surface area contributed by atoms with E-state index < -0.39 is 0 Å². The van der Waals surface area contributed by atoms with Gasteiger partial charge in [-0.3, -0.25) is 4.79 Å². The van der Waals surface area contributed by atoms with Crippen molar-refractivity contribution < 1.29 is 19.0 Å². The molecule has 0 aliphatic rings. The minimum Gasteiger partial charge on any atom is -0.497 e. The van der Waals surface area contributed by atoms with Crippen molar-refractivity contribution in [3.8, 4) is 11.5 Å². The molecule has 1 aromatic heterocycles. The first kappa shape index (κ1) is 14.2. The predicted octanol–water partition coefficient (Wildman–Crippen LogP) is 2.53. The molecule has 0 amide bonds. The van der Waals surface area contributed by atoms with Gasteiger partial charge < -0.3 is 18.8 Å². The summed E-state index contributed by atoms with van der Waals surface area (Å²) in [5.41, 5.74) is 2.05. The molecular formula is C15H19NO4. The average molecular weight is 277 g/mol. The molecule has 5 nitrogen and oxygen atoms in total. The maximum Gasteiger partial charge on any atom is 0.307 e. The van der Waals surface area contributed by atoms with Gasteiger partial charge in [0, 0.05) is 29.8 Å². The molecule has 0 fully saturated rings. The van der Waals surface area contributed by atoms with Gasteiger partial charge in [0.25, 0.3) is 0 Å². The summed E-state index contributed by atoms with van der Waals surface area (Å²) in [5.74, 6) is 1.27. The monoisotopic (exact) mass is 277 g/mol. The highest BCUT2D eigenvalue weighted by atomic mass is 16.5. The Hall–Kier alpha value is -2.17. The zero-order chi connectivity index (χ0) is 14.7. The Balaban J connectivity index is 2.48. The smallest absolute Gasteiger partial charge is 0.307 e. The van der Waals surface area contributed by atoms with Crippen LogP contribution >= 0.6 is 0 Å². The molecule has 0 saturated carbocycles. The minimum atomic E-state index is -0.221. The number of esters is 1. The van der Waals surface area contributed by atoms with Crippen LogP contribution in [0.1, 0.15) is 12.1 Å². The molecule has 1 aromatic carbocycles. The number of ether oxygens (including phenoxy) is 3. The van der Waals surface area contributed by atoms with Gasteiger partial charge in [0.05, 0.1) is 33.3 Å². The molecule has 20 heavy (non-hydrogen) atoms. The quantitative estimate of drug-likeness (QED) is 0.788. The maximum absolute atomic E-state index is 11.3. The van der Waals surface area contributed by atoms with Gasteiger partial charge in [-0.1, -0.05) is 0 Å². The van der Waals surface area contributed by atoms with Crippen LogP contribution < -0.4 is 9.47 Å². The summed E-state index contributed by atoms with van der Waals surface area (Å²) in [6, 6.07) is 5.85. The molecule has 0 aliphatic carbocycles. The number of aryl methyl sites for hydroxylation is 2. The van der Waals surface area contributed by atoms with Crippen molar-refractivity contribution >= 4 is 16.9 Å². The van der Waals surface area contributed by atoms with Crippen molar-refractivity contribution in [1.29, 1.82) is 0 Å².